The molecule has 0 atom stereocenters. The van der Waals surface area contributed by atoms with Crippen LogP contribution in [0.4, 0.5) is 0 Å². The first-order valence-corrected chi connectivity index (χ1v) is 3.86. The van der Waals surface area contributed by atoms with E-state index in [9.17, 15) is 9.59 Å². The van der Waals surface area contributed by atoms with Crippen molar-refractivity contribution in [3.63, 3.8) is 0 Å². The van der Waals surface area contributed by atoms with Gasteiger partial charge in [-0.2, -0.15) is 0 Å². The van der Waals surface area contributed by atoms with E-state index in [0.717, 1.165) is 6.08 Å². The Morgan fingerprint density at radius 3 is 2.50 bits per heavy atom. The van der Waals surface area contributed by atoms with Crippen LogP contribution in [-0.2, 0) is 19.1 Å². The van der Waals surface area contributed by atoms with E-state index >= 15 is 0 Å². The molecule has 0 unspecified atom stereocenters. The van der Waals surface area contributed by atoms with Crippen LogP contribution in [0.25, 0.3) is 0 Å². The van der Waals surface area contributed by atoms with Crippen LogP contribution < -0.4 is 0 Å². The van der Waals surface area contributed by atoms with Crippen molar-refractivity contribution in [3.8, 4) is 0 Å². The molecule has 0 aromatic rings. The van der Waals surface area contributed by atoms with Crippen LogP contribution in [0.2, 0.25) is 0 Å². The Bertz CT molecular complexity index is 244. The summed E-state index contributed by atoms with van der Waals surface area (Å²) in [5.74, 6) is -1.64. The van der Waals surface area contributed by atoms with E-state index in [4.69, 9.17) is 9.84 Å². The Morgan fingerprint density at radius 2 is 2.00 bits per heavy atom. The molecule has 0 aromatic carbocycles. The highest BCUT2D eigenvalue weighted by atomic mass is 16.6. The van der Waals surface area contributed by atoms with Gasteiger partial charge in [-0.3, -0.25) is 0 Å². The van der Waals surface area contributed by atoms with Crippen LogP contribution in [0.5, 0.6) is 0 Å². The molecule has 0 saturated carbocycles. The molecule has 0 rings (SSSR count). The van der Waals surface area contributed by atoms with Gasteiger partial charge in [0, 0.05) is 6.08 Å². The zero-order chi connectivity index (χ0) is 11.0. The van der Waals surface area contributed by atoms with E-state index in [-0.39, 0.29) is 25.4 Å². The molecule has 0 amide bonds. The minimum Gasteiger partial charge on any atom is -0.478 e. The summed E-state index contributed by atoms with van der Waals surface area (Å²) in [5, 5.41) is 8.39. The quantitative estimate of drug-likeness (QED) is 0.365. The van der Waals surface area contributed by atoms with Crippen LogP contribution in [0, 0.1) is 0 Å². The number of aliphatic carboxylic acids is 1. The fourth-order valence-electron chi connectivity index (χ4n) is 0.517. The van der Waals surface area contributed by atoms with E-state index in [1.807, 2.05) is 0 Å². The number of carboxylic acid groups (broad SMARTS) is 1. The van der Waals surface area contributed by atoms with E-state index in [1.165, 1.54) is 0 Å². The molecule has 5 heteroatoms. The Morgan fingerprint density at radius 1 is 1.36 bits per heavy atom. The third kappa shape index (κ3) is 5.96. The number of hydrogen-bond donors (Lipinski definition) is 1. The summed E-state index contributed by atoms with van der Waals surface area (Å²) in [6.07, 6.45) is 1.04. The fraction of sp³-hybridized carbons (Fsp3) is 0.333. The van der Waals surface area contributed by atoms with Gasteiger partial charge >= 0.3 is 11.9 Å². The zero-order valence-corrected chi connectivity index (χ0v) is 7.69. The molecule has 0 bridgehead atoms. The minimum absolute atomic E-state index is 0.0416. The number of ether oxygens (including phenoxy) is 2. The topological polar surface area (TPSA) is 72.8 Å². The monoisotopic (exact) mass is 200 g/mol. The number of carbonyl (C=O) groups is 2. The van der Waals surface area contributed by atoms with Gasteiger partial charge in [0.2, 0.25) is 0 Å². The van der Waals surface area contributed by atoms with Gasteiger partial charge in [-0.15, -0.1) is 0 Å². The summed E-state index contributed by atoms with van der Waals surface area (Å²) in [6, 6.07) is 0. The highest BCUT2D eigenvalue weighted by Crippen LogP contribution is 1.91. The largest absolute Gasteiger partial charge is 0.478 e. The average molecular weight is 200 g/mol. The minimum atomic E-state index is -1.10. The van der Waals surface area contributed by atoms with E-state index in [1.54, 1.807) is 0 Å². The van der Waals surface area contributed by atoms with Gasteiger partial charge < -0.3 is 14.6 Å². The lowest BCUT2D eigenvalue weighted by Crippen LogP contribution is -2.12. The van der Waals surface area contributed by atoms with Crippen LogP contribution in [-0.4, -0.2) is 36.9 Å². The maximum Gasteiger partial charge on any atom is 0.333 e. The molecule has 1 N–H and O–H groups in total. The van der Waals surface area contributed by atoms with Gasteiger partial charge in [-0.05, 0) is 0 Å². The molecule has 0 aliphatic rings. The second-order valence-electron chi connectivity index (χ2n) is 2.33. The summed E-state index contributed by atoms with van der Waals surface area (Å²) >= 11 is 0. The molecule has 0 aliphatic carbocycles. The van der Waals surface area contributed by atoms with Crippen molar-refractivity contribution >= 4 is 11.9 Å². The van der Waals surface area contributed by atoms with Crippen molar-refractivity contribution in [3.05, 3.63) is 24.8 Å². The van der Waals surface area contributed by atoms with Crippen LogP contribution >= 0.6 is 0 Å². The first-order chi connectivity index (χ1) is 6.57. The smallest absolute Gasteiger partial charge is 0.333 e. The molecule has 0 fully saturated rings. The second kappa shape index (κ2) is 6.85. The maximum absolute atomic E-state index is 10.5. The zero-order valence-electron chi connectivity index (χ0n) is 7.69. The maximum atomic E-state index is 10.5. The average Bonchev–Trinajstić information content (AvgIpc) is 2.16. The first kappa shape index (κ1) is 12.4. The van der Waals surface area contributed by atoms with E-state index < -0.39 is 11.9 Å². The lowest BCUT2D eigenvalue weighted by molar-refractivity contribution is -0.139. The van der Waals surface area contributed by atoms with Gasteiger partial charge in [-0.25, -0.2) is 9.59 Å². The van der Waals surface area contributed by atoms with Crippen LogP contribution in [0.15, 0.2) is 24.8 Å². The standard InChI is InChI=1S/C9H12O5/c1-3-8(10)14-5-4-13-6-7(2)9(11)12/h3H,1-2,4-6H2,(H,11,12). The Hall–Kier alpha value is -1.62. The summed E-state index contributed by atoms with van der Waals surface area (Å²) in [4.78, 5) is 20.7. The molecule has 14 heavy (non-hydrogen) atoms. The number of carboxylic acids is 1. The molecule has 0 aliphatic heterocycles. The normalized spacial score (nSPS) is 9.14. The van der Waals surface area contributed by atoms with Crippen LogP contribution in [0.1, 0.15) is 0 Å². The molecule has 0 radical (unpaired) electrons. The first-order valence-electron chi connectivity index (χ1n) is 3.86. The van der Waals surface area contributed by atoms with Crippen molar-refractivity contribution < 1.29 is 24.2 Å². The lowest BCUT2D eigenvalue weighted by Gasteiger charge is -2.03. The molecule has 0 saturated heterocycles. The van der Waals surface area contributed by atoms with Gasteiger partial charge in [0.15, 0.2) is 0 Å². The molecular weight excluding hydrogens is 188 g/mol. The van der Waals surface area contributed by atoms with Crippen LogP contribution in [0.3, 0.4) is 0 Å². The molecule has 0 heterocycles. The van der Waals surface area contributed by atoms with Crippen molar-refractivity contribution in [2.24, 2.45) is 0 Å². The third-order valence-electron chi connectivity index (χ3n) is 1.22. The van der Waals surface area contributed by atoms with Gasteiger partial charge in [0.05, 0.1) is 18.8 Å². The van der Waals surface area contributed by atoms with Crippen molar-refractivity contribution in [2.75, 3.05) is 19.8 Å². The van der Waals surface area contributed by atoms with Gasteiger partial charge in [0.1, 0.15) is 6.61 Å². The Kier molecular flexibility index (Phi) is 6.06. The van der Waals surface area contributed by atoms with Crippen molar-refractivity contribution in [1.29, 1.82) is 0 Å². The Balaban J connectivity index is 3.38. The number of rotatable bonds is 7. The molecule has 5 nitrogen and oxygen atoms in total. The van der Waals surface area contributed by atoms with Crippen molar-refractivity contribution in [2.45, 2.75) is 0 Å². The third-order valence-corrected chi connectivity index (χ3v) is 1.22. The summed E-state index contributed by atoms with van der Waals surface area (Å²) in [5.41, 5.74) is -0.0416. The summed E-state index contributed by atoms with van der Waals surface area (Å²) in [7, 11) is 0. The number of hydrogen-bond acceptors (Lipinski definition) is 4. The highest BCUT2D eigenvalue weighted by molar-refractivity contribution is 5.86. The molecule has 0 spiro atoms. The molecule has 78 valence electrons. The fourth-order valence-corrected chi connectivity index (χ4v) is 0.517. The van der Waals surface area contributed by atoms with Gasteiger partial charge in [0.25, 0.3) is 0 Å². The lowest BCUT2D eigenvalue weighted by atomic mass is 10.3. The van der Waals surface area contributed by atoms with E-state index in [2.05, 4.69) is 17.9 Å². The number of esters is 1. The van der Waals surface area contributed by atoms with E-state index in [0.29, 0.717) is 0 Å². The summed E-state index contributed by atoms with van der Waals surface area (Å²) in [6.45, 7) is 6.57. The predicted molar refractivity (Wildman–Crippen MR) is 48.8 cm³/mol. The van der Waals surface area contributed by atoms with Crippen molar-refractivity contribution in [1.82, 2.24) is 0 Å². The Labute approximate surface area is 81.6 Å². The predicted octanol–water partition coefficient (Wildman–Crippen LogP) is 0.373. The SMILES string of the molecule is C=CC(=O)OCCOCC(=C)C(=O)O. The number of carbonyl (C=O) groups excluding carboxylic acids is 1. The molecule has 0 aromatic heterocycles. The molecular formula is C9H12O5. The summed E-state index contributed by atoms with van der Waals surface area (Å²) < 4.78 is 9.43. The highest BCUT2D eigenvalue weighted by Gasteiger charge is 2.03. The second-order valence-corrected chi connectivity index (χ2v) is 2.33. The van der Waals surface area contributed by atoms with Gasteiger partial charge in [-0.1, -0.05) is 13.2 Å².